The van der Waals surface area contributed by atoms with Crippen LogP contribution in [0.2, 0.25) is 0 Å². The second kappa shape index (κ2) is 6.49. The zero-order chi connectivity index (χ0) is 20.0. The molecule has 3 heteroatoms. The van der Waals surface area contributed by atoms with Gasteiger partial charge in [0.1, 0.15) is 5.41 Å². The zero-order valence-corrected chi connectivity index (χ0v) is 16.4. The van der Waals surface area contributed by atoms with E-state index in [9.17, 15) is 4.79 Å². The van der Waals surface area contributed by atoms with Gasteiger partial charge in [-0.1, -0.05) is 72.8 Å². The van der Waals surface area contributed by atoms with E-state index in [2.05, 4.69) is 47.2 Å². The summed E-state index contributed by atoms with van der Waals surface area (Å²) >= 11 is 0. The monoisotopic (exact) mass is 379 g/mol. The van der Waals surface area contributed by atoms with Crippen LogP contribution in [0.5, 0.6) is 0 Å². The molecule has 1 aliphatic carbocycles. The van der Waals surface area contributed by atoms with Gasteiger partial charge in [-0.25, -0.2) is 0 Å². The lowest BCUT2D eigenvalue weighted by molar-refractivity contribution is -0.143. The van der Waals surface area contributed by atoms with Gasteiger partial charge in [0.25, 0.3) is 0 Å². The minimum Gasteiger partial charge on any atom is -0.468 e. The summed E-state index contributed by atoms with van der Waals surface area (Å²) in [7, 11) is 3.49. The average Bonchev–Trinajstić information content (AvgIpc) is 3.30. The minimum absolute atomic E-state index is 0.270. The van der Waals surface area contributed by atoms with Crippen LogP contribution in [-0.2, 0) is 22.0 Å². The lowest BCUT2D eigenvalue weighted by Gasteiger charge is -2.31. The highest BCUT2D eigenvalue weighted by Gasteiger charge is 2.52. The molecule has 0 saturated carbocycles. The Labute approximate surface area is 169 Å². The molecule has 5 rings (SSSR count). The highest BCUT2D eigenvalue weighted by atomic mass is 16.5. The van der Waals surface area contributed by atoms with Crippen LogP contribution in [0, 0.1) is 0 Å². The topological polar surface area (TPSA) is 31.2 Å². The number of esters is 1. The summed E-state index contributed by atoms with van der Waals surface area (Å²) in [5.41, 5.74) is 4.98. The van der Waals surface area contributed by atoms with Gasteiger partial charge in [-0.3, -0.25) is 4.79 Å². The van der Waals surface area contributed by atoms with Gasteiger partial charge in [0.2, 0.25) is 0 Å². The second-order valence-corrected chi connectivity index (χ2v) is 7.42. The third-order valence-electron chi connectivity index (χ3n) is 5.95. The standard InChI is InChI=1S/C26H21NO2/c1-27-17-23(20-13-7-9-15-24(20)27)26(25(28)29-2)21-14-8-6-12-19(21)16-22(26)18-10-4-3-5-11-18/h3-17H,1-2H3. The number of nitrogens with zero attached hydrogens (tertiary/aromatic N) is 1. The van der Waals surface area contributed by atoms with Gasteiger partial charge in [-0.15, -0.1) is 0 Å². The van der Waals surface area contributed by atoms with Crippen molar-refractivity contribution in [3.8, 4) is 0 Å². The highest BCUT2D eigenvalue weighted by molar-refractivity contribution is 6.14. The van der Waals surface area contributed by atoms with Crippen molar-refractivity contribution in [1.82, 2.24) is 4.57 Å². The third kappa shape index (κ3) is 2.34. The van der Waals surface area contributed by atoms with E-state index in [0.717, 1.165) is 38.7 Å². The van der Waals surface area contributed by atoms with Gasteiger partial charge in [0, 0.05) is 29.7 Å². The van der Waals surface area contributed by atoms with Crippen molar-refractivity contribution < 1.29 is 9.53 Å². The maximum Gasteiger partial charge on any atom is 0.325 e. The number of aryl methyl sites for hydroxylation is 1. The largest absolute Gasteiger partial charge is 0.468 e. The smallest absolute Gasteiger partial charge is 0.325 e. The van der Waals surface area contributed by atoms with E-state index in [1.165, 1.54) is 7.11 Å². The van der Waals surface area contributed by atoms with E-state index < -0.39 is 5.41 Å². The molecule has 29 heavy (non-hydrogen) atoms. The van der Waals surface area contributed by atoms with Gasteiger partial charge >= 0.3 is 5.97 Å². The maximum absolute atomic E-state index is 13.7. The van der Waals surface area contributed by atoms with Crippen molar-refractivity contribution in [3.05, 3.63) is 107 Å². The Hall–Kier alpha value is -3.59. The Bertz CT molecular complexity index is 1270. The van der Waals surface area contributed by atoms with E-state index in [1.807, 2.05) is 55.6 Å². The summed E-state index contributed by atoms with van der Waals surface area (Å²) in [6, 6.07) is 26.4. The Morgan fingerprint density at radius 1 is 0.862 bits per heavy atom. The summed E-state index contributed by atoms with van der Waals surface area (Å²) in [4.78, 5) is 13.7. The summed E-state index contributed by atoms with van der Waals surface area (Å²) < 4.78 is 7.55. The van der Waals surface area contributed by atoms with Crippen LogP contribution < -0.4 is 0 Å². The molecule has 142 valence electrons. The van der Waals surface area contributed by atoms with Gasteiger partial charge in [0.15, 0.2) is 0 Å². The van der Waals surface area contributed by atoms with E-state index in [1.54, 1.807) is 0 Å². The van der Waals surface area contributed by atoms with Crippen molar-refractivity contribution in [2.75, 3.05) is 7.11 Å². The molecule has 1 heterocycles. The number of methoxy groups -OCH3 is 1. The summed E-state index contributed by atoms with van der Waals surface area (Å²) in [5.74, 6) is -0.270. The molecule has 0 aliphatic heterocycles. The summed E-state index contributed by atoms with van der Waals surface area (Å²) in [6.07, 6.45) is 4.20. The number of benzene rings is 3. The normalized spacial score (nSPS) is 17.8. The Balaban J connectivity index is 1.94. The zero-order valence-electron chi connectivity index (χ0n) is 16.4. The minimum atomic E-state index is -1.02. The molecule has 1 aliphatic rings. The maximum atomic E-state index is 13.7. The lowest BCUT2D eigenvalue weighted by atomic mass is 9.69. The van der Waals surface area contributed by atoms with E-state index in [0.29, 0.717) is 0 Å². The average molecular weight is 379 g/mol. The van der Waals surface area contributed by atoms with Crippen LogP contribution in [-0.4, -0.2) is 17.6 Å². The lowest BCUT2D eigenvalue weighted by Crippen LogP contribution is -2.38. The molecule has 4 aromatic rings. The summed E-state index contributed by atoms with van der Waals surface area (Å²) in [5, 5.41) is 1.05. The molecule has 0 saturated heterocycles. The first kappa shape index (κ1) is 17.5. The number of para-hydroxylation sites is 1. The van der Waals surface area contributed by atoms with E-state index in [-0.39, 0.29) is 5.97 Å². The molecule has 1 unspecified atom stereocenters. The first-order valence-electron chi connectivity index (χ1n) is 9.68. The molecule has 0 radical (unpaired) electrons. The number of ether oxygens (including phenoxy) is 1. The van der Waals surface area contributed by atoms with Crippen LogP contribution in [0.3, 0.4) is 0 Å². The van der Waals surface area contributed by atoms with Crippen molar-refractivity contribution in [2.24, 2.45) is 7.05 Å². The first-order chi connectivity index (χ1) is 14.2. The molecule has 1 aromatic heterocycles. The molecule has 3 nitrogen and oxygen atoms in total. The van der Waals surface area contributed by atoms with Crippen molar-refractivity contribution in [1.29, 1.82) is 0 Å². The number of hydrogen-bond acceptors (Lipinski definition) is 2. The van der Waals surface area contributed by atoms with Gasteiger partial charge < -0.3 is 9.30 Å². The molecule has 0 bridgehead atoms. The predicted octanol–water partition coefficient (Wildman–Crippen LogP) is 5.19. The van der Waals surface area contributed by atoms with Crippen molar-refractivity contribution in [2.45, 2.75) is 5.41 Å². The van der Waals surface area contributed by atoms with Crippen LogP contribution in [0.4, 0.5) is 0 Å². The van der Waals surface area contributed by atoms with Crippen LogP contribution in [0.1, 0.15) is 22.3 Å². The molecular formula is C26H21NO2. The van der Waals surface area contributed by atoms with Gasteiger partial charge in [-0.2, -0.15) is 0 Å². The molecule has 0 spiro atoms. The van der Waals surface area contributed by atoms with Crippen LogP contribution in [0.15, 0.2) is 85.1 Å². The van der Waals surface area contributed by atoms with Crippen LogP contribution >= 0.6 is 0 Å². The fourth-order valence-electron chi connectivity index (χ4n) is 4.70. The van der Waals surface area contributed by atoms with Gasteiger partial charge in [0.05, 0.1) is 7.11 Å². The first-order valence-corrected chi connectivity index (χ1v) is 9.68. The highest BCUT2D eigenvalue weighted by Crippen LogP contribution is 2.53. The molecular weight excluding hydrogens is 358 g/mol. The van der Waals surface area contributed by atoms with E-state index >= 15 is 0 Å². The molecule has 0 fully saturated rings. The van der Waals surface area contributed by atoms with E-state index in [4.69, 9.17) is 4.74 Å². The number of rotatable bonds is 3. The predicted molar refractivity (Wildman–Crippen MR) is 116 cm³/mol. The number of carbonyl (C=O) groups excluding carboxylic acids is 1. The Morgan fingerprint density at radius 2 is 1.55 bits per heavy atom. The van der Waals surface area contributed by atoms with Crippen LogP contribution in [0.25, 0.3) is 22.6 Å². The quantitative estimate of drug-likeness (QED) is 0.459. The van der Waals surface area contributed by atoms with Gasteiger partial charge in [-0.05, 0) is 34.4 Å². The SMILES string of the molecule is COC(=O)C1(c2cn(C)c3ccccc23)C(c2ccccc2)=Cc2ccccc21. The molecule has 3 aromatic carbocycles. The fraction of sp³-hybridized carbons (Fsp3) is 0.115. The number of hydrogen-bond donors (Lipinski definition) is 0. The molecule has 1 atom stereocenters. The number of carbonyl (C=O) groups is 1. The number of aromatic nitrogens is 1. The summed E-state index contributed by atoms with van der Waals surface area (Å²) in [6.45, 7) is 0. The Morgan fingerprint density at radius 3 is 2.34 bits per heavy atom. The molecule has 0 amide bonds. The van der Waals surface area contributed by atoms with Crippen molar-refractivity contribution >= 4 is 28.5 Å². The van der Waals surface area contributed by atoms with Crippen molar-refractivity contribution in [3.63, 3.8) is 0 Å². The Kier molecular flexibility index (Phi) is 3.92. The molecule has 0 N–H and O–H groups in total. The fourth-order valence-corrected chi connectivity index (χ4v) is 4.70. The second-order valence-electron chi connectivity index (χ2n) is 7.42. The third-order valence-corrected chi connectivity index (χ3v) is 5.95. The number of fused-ring (bicyclic) bond motifs is 2.